The zero-order valence-corrected chi connectivity index (χ0v) is 12.6. The molecular weight excluding hydrogens is 210 g/mol. The van der Waals surface area contributed by atoms with E-state index in [9.17, 15) is 5.11 Å². The lowest BCUT2D eigenvalue weighted by Gasteiger charge is -2.59. The van der Waals surface area contributed by atoms with E-state index in [2.05, 4.69) is 46.4 Å². The maximum absolute atomic E-state index is 10.2. The first-order valence-electron chi connectivity index (χ1n) is 7.03. The van der Waals surface area contributed by atoms with Gasteiger partial charge in [0.1, 0.15) is 0 Å². The molecule has 17 heavy (non-hydrogen) atoms. The summed E-state index contributed by atoms with van der Waals surface area (Å²) in [5.74, 6) is 0. The maximum Gasteiger partial charge on any atom is 0.0625 e. The molecule has 0 atom stereocenters. The molecule has 0 aromatic rings. The molecule has 0 aliphatic carbocycles. The van der Waals surface area contributed by atoms with Crippen LogP contribution < -0.4 is 0 Å². The first kappa shape index (κ1) is 15.0. The molecule has 1 N–H and O–H groups in total. The fourth-order valence-electron chi connectivity index (χ4n) is 3.92. The Morgan fingerprint density at radius 2 is 1.24 bits per heavy atom. The minimum absolute atomic E-state index is 0.0807. The predicted molar refractivity (Wildman–Crippen MR) is 74.2 cm³/mol. The van der Waals surface area contributed by atoms with Crippen LogP contribution in [0.2, 0.25) is 0 Å². The Bertz CT molecular complexity index is 227. The summed E-state index contributed by atoms with van der Waals surface area (Å²) in [5.41, 5.74) is 0.0368. The third kappa shape index (κ3) is 2.53. The van der Waals surface area contributed by atoms with Gasteiger partial charge in [-0.3, -0.25) is 4.90 Å². The predicted octanol–water partition coefficient (Wildman–Crippen LogP) is 3.30. The number of hydrogen-bond acceptors (Lipinski definition) is 2. The number of hydrogen-bond donors (Lipinski definition) is 1. The fourth-order valence-corrected chi connectivity index (χ4v) is 3.92. The van der Waals surface area contributed by atoms with Crippen molar-refractivity contribution in [2.75, 3.05) is 19.7 Å². The summed E-state index contributed by atoms with van der Waals surface area (Å²) in [6.07, 6.45) is 3.88. The summed E-state index contributed by atoms with van der Waals surface area (Å²) in [5, 5.41) is 10.2. The number of likely N-dealkylation sites (tertiary alicyclic amines) is 1. The van der Waals surface area contributed by atoms with Crippen LogP contribution in [-0.2, 0) is 0 Å². The standard InChI is InChI=1S/C15H31NO/c1-13(2,3)15(12-17,14(4,5)6)16-10-8-7-9-11-16/h17H,7-12H2,1-6H3. The lowest BCUT2D eigenvalue weighted by atomic mass is 9.59. The highest BCUT2D eigenvalue weighted by atomic mass is 16.3. The largest absolute Gasteiger partial charge is 0.394 e. The van der Waals surface area contributed by atoms with Gasteiger partial charge in [-0.2, -0.15) is 0 Å². The van der Waals surface area contributed by atoms with Crippen molar-refractivity contribution in [1.29, 1.82) is 0 Å². The molecule has 1 fully saturated rings. The molecule has 0 spiro atoms. The zero-order valence-electron chi connectivity index (χ0n) is 12.6. The Balaban J connectivity index is 3.16. The molecule has 2 nitrogen and oxygen atoms in total. The van der Waals surface area contributed by atoms with Gasteiger partial charge in [-0.25, -0.2) is 0 Å². The number of aliphatic hydroxyl groups is 1. The molecule has 1 aliphatic rings. The first-order valence-corrected chi connectivity index (χ1v) is 7.03. The van der Waals surface area contributed by atoms with Crippen molar-refractivity contribution < 1.29 is 5.11 Å². The smallest absolute Gasteiger partial charge is 0.0625 e. The first-order chi connectivity index (χ1) is 7.67. The average Bonchev–Trinajstić information content (AvgIpc) is 2.16. The molecule has 0 aromatic carbocycles. The van der Waals surface area contributed by atoms with Crippen LogP contribution in [0, 0.1) is 10.8 Å². The Morgan fingerprint density at radius 3 is 1.53 bits per heavy atom. The number of piperidine rings is 1. The average molecular weight is 241 g/mol. The van der Waals surface area contributed by atoms with Gasteiger partial charge in [-0.1, -0.05) is 48.0 Å². The molecule has 0 bridgehead atoms. The topological polar surface area (TPSA) is 23.5 Å². The van der Waals surface area contributed by atoms with Gasteiger partial charge in [0.15, 0.2) is 0 Å². The van der Waals surface area contributed by atoms with Crippen molar-refractivity contribution in [2.24, 2.45) is 10.8 Å². The molecule has 0 aromatic heterocycles. The van der Waals surface area contributed by atoms with E-state index < -0.39 is 0 Å². The molecule has 1 aliphatic heterocycles. The number of rotatable bonds is 2. The van der Waals surface area contributed by atoms with Crippen LogP contribution in [0.3, 0.4) is 0 Å². The second-order valence-electron chi connectivity index (χ2n) is 7.57. The summed E-state index contributed by atoms with van der Waals surface area (Å²) in [4.78, 5) is 2.55. The summed E-state index contributed by atoms with van der Waals surface area (Å²) in [7, 11) is 0. The van der Waals surface area contributed by atoms with E-state index in [0.29, 0.717) is 0 Å². The Labute approximate surface area is 107 Å². The fraction of sp³-hybridized carbons (Fsp3) is 1.00. The van der Waals surface area contributed by atoms with Gasteiger partial charge in [0.05, 0.1) is 12.1 Å². The molecule has 1 heterocycles. The van der Waals surface area contributed by atoms with Gasteiger partial charge in [0, 0.05) is 0 Å². The van der Waals surface area contributed by atoms with Crippen LogP contribution in [0.15, 0.2) is 0 Å². The van der Waals surface area contributed by atoms with Crippen LogP contribution >= 0.6 is 0 Å². The zero-order chi connectivity index (χ0) is 13.3. The summed E-state index contributed by atoms with van der Waals surface area (Å²) in [6, 6.07) is 0. The third-order valence-electron chi connectivity index (χ3n) is 4.61. The van der Waals surface area contributed by atoms with E-state index in [0.717, 1.165) is 13.1 Å². The quantitative estimate of drug-likeness (QED) is 0.802. The monoisotopic (exact) mass is 241 g/mol. The van der Waals surface area contributed by atoms with Gasteiger partial charge in [-0.05, 0) is 36.8 Å². The van der Waals surface area contributed by atoms with Crippen LogP contribution in [0.25, 0.3) is 0 Å². The molecule has 102 valence electrons. The lowest BCUT2D eigenvalue weighted by molar-refractivity contribution is -0.125. The molecular formula is C15H31NO. The molecule has 0 saturated carbocycles. The van der Waals surface area contributed by atoms with Gasteiger partial charge < -0.3 is 5.11 Å². The van der Waals surface area contributed by atoms with Crippen LogP contribution in [0.1, 0.15) is 60.8 Å². The second-order valence-corrected chi connectivity index (χ2v) is 7.57. The van der Waals surface area contributed by atoms with Crippen molar-refractivity contribution in [1.82, 2.24) is 4.90 Å². The van der Waals surface area contributed by atoms with Crippen molar-refractivity contribution >= 4 is 0 Å². The number of aliphatic hydroxyl groups excluding tert-OH is 1. The van der Waals surface area contributed by atoms with E-state index in [1.54, 1.807) is 0 Å². The van der Waals surface area contributed by atoms with Crippen LogP contribution in [0.4, 0.5) is 0 Å². The Kier molecular flexibility index (Phi) is 4.31. The third-order valence-corrected chi connectivity index (χ3v) is 4.61. The van der Waals surface area contributed by atoms with E-state index in [1.165, 1.54) is 19.3 Å². The maximum atomic E-state index is 10.2. The molecule has 1 rings (SSSR count). The highest BCUT2D eigenvalue weighted by Gasteiger charge is 2.53. The molecule has 2 heteroatoms. The molecule has 0 unspecified atom stereocenters. The van der Waals surface area contributed by atoms with Crippen molar-refractivity contribution in [3.05, 3.63) is 0 Å². The second kappa shape index (κ2) is 4.89. The number of nitrogens with zero attached hydrogens (tertiary/aromatic N) is 1. The van der Waals surface area contributed by atoms with E-state index in [-0.39, 0.29) is 23.0 Å². The summed E-state index contributed by atoms with van der Waals surface area (Å²) in [6.45, 7) is 16.1. The highest BCUT2D eigenvalue weighted by molar-refractivity contribution is 5.07. The van der Waals surface area contributed by atoms with Gasteiger partial charge in [0.2, 0.25) is 0 Å². The van der Waals surface area contributed by atoms with Crippen molar-refractivity contribution in [2.45, 2.75) is 66.3 Å². The van der Waals surface area contributed by atoms with Gasteiger partial charge in [-0.15, -0.1) is 0 Å². The SMILES string of the molecule is CC(C)(C)C(CO)(N1CCCCC1)C(C)(C)C. The minimum atomic E-state index is -0.125. The van der Waals surface area contributed by atoms with E-state index >= 15 is 0 Å². The van der Waals surface area contributed by atoms with Crippen LogP contribution in [-0.4, -0.2) is 35.2 Å². The normalized spacial score (nSPS) is 20.6. The minimum Gasteiger partial charge on any atom is -0.394 e. The van der Waals surface area contributed by atoms with Gasteiger partial charge in [0.25, 0.3) is 0 Å². The van der Waals surface area contributed by atoms with Crippen molar-refractivity contribution in [3.8, 4) is 0 Å². The van der Waals surface area contributed by atoms with Crippen molar-refractivity contribution in [3.63, 3.8) is 0 Å². The summed E-state index contributed by atoms with van der Waals surface area (Å²) < 4.78 is 0. The highest BCUT2D eigenvalue weighted by Crippen LogP contribution is 2.48. The van der Waals surface area contributed by atoms with Crippen LogP contribution in [0.5, 0.6) is 0 Å². The van der Waals surface area contributed by atoms with E-state index in [4.69, 9.17) is 0 Å². The molecule has 0 amide bonds. The Morgan fingerprint density at radius 1 is 0.824 bits per heavy atom. The van der Waals surface area contributed by atoms with E-state index in [1.807, 2.05) is 0 Å². The lowest BCUT2D eigenvalue weighted by Crippen LogP contribution is -2.67. The summed E-state index contributed by atoms with van der Waals surface area (Å²) >= 11 is 0. The van der Waals surface area contributed by atoms with Gasteiger partial charge >= 0.3 is 0 Å². The molecule has 1 saturated heterocycles. The Hall–Kier alpha value is -0.0800. The molecule has 0 radical (unpaired) electrons.